The van der Waals surface area contributed by atoms with Crippen LogP contribution in [0.4, 0.5) is 0 Å². The minimum atomic E-state index is -3.25. The minimum Gasteiger partial charge on any atom is -0.199 e. The van der Waals surface area contributed by atoms with E-state index in [-0.39, 0.29) is 6.04 Å². The highest BCUT2D eigenvalue weighted by Crippen LogP contribution is 2.21. The number of piperidine rings is 1. The van der Waals surface area contributed by atoms with Crippen LogP contribution in [0.15, 0.2) is 0 Å². The summed E-state index contributed by atoms with van der Waals surface area (Å²) in [5, 5.41) is 0. The summed E-state index contributed by atoms with van der Waals surface area (Å²) in [7, 11) is -3.25. The van der Waals surface area contributed by atoms with Gasteiger partial charge in [0.05, 0.1) is 0 Å². The molecule has 5 heteroatoms. The molecule has 0 amide bonds. The molecule has 0 unspecified atom stereocenters. The van der Waals surface area contributed by atoms with E-state index in [1.54, 1.807) is 4.31 Å². The van der Waals surface area contributed by atoms with Crippen LogP contribution in [0.25, 0.3) is 0 Å². The molecule has 0 aromatic carbocycles. The monoisotopic (exact) mass is 274 g/mol. The molecule has 0 aromatic rings. The molecule has 1 saturated heterocycles. The summed E-state index contributed by atoms with van der Waals surface area (Å²) < 4.78 is 29.2. The van der Waals surface area contributed by atoms with Gasteiger partial charge in [0.2, 0.25) is 0 Å². The Morgan fingerprint density at radius 1 is 1.00 bits per heavy atom. The summed E-state index contributed by atoms with van der Waals surface area (Å²) in [6.45, 7) is 3.50. The van der Waals surface area contributed by atoms with E-state index in [1.165, 1.54) is 12.8 Å². The van der Waals surface area contributed by atoms with Gasteiger partial charge in [-0.1, -0.05) is 32.6 Å². The molecule has 0 radical (unpaired) electrons. The zero-order chi connectivity index (χ0) is 13.0. The Bertz CT molecular complexity index is 348. The van der Waals surface area contributed by atoms with Gasteiger partial charge in [-0.15, -0.1) is 0 Å². The molecule has 18 heavy (non-hydrogen) atoms. The minimum absolute atomic E-state index is 0.162. The maximum Gasteiger partial charge on any atom is 0.279 e. The van der Waals surface area contributed by atoms with Crippen molar-refractivity contribution in [2.75, 3.05) is 13.1 Å². The zero-order valence-electron chi connectivity index (χ0n) is 11.4. The van der Waals surface area contributed by atoms with Gasteiger partial charge in [-0.2, -0.15) is 17.4 Å². The largest absolute Gasteiger partial charge is 0.279 e. The first-order valence-corrected chi connectivity index (χ1v) is 8.79. The average Bonchev–Trinajstić information content (AvgIpc) is 2.57. The van der Waals surface area contributed by atoms with Gasteiger partial charge in [0.15, 0.2) is 0 Å². The van der Waals surface area contributed by atoms with Crippen molar-refractivity contribution in [3.8, 4) is 0 Å². The second kappa shape index (κ2) is 6.35. The van der Waals surface area contributed by atoms with Gasteiger partial charge in [0, 0.05) is 19.1 Å². The molecular formula is C13H26N2O2S. The highest BCUT2D eigenvalue weighted by atomic mass is 32.2. The SMILES string of the molecule is C[C@@H]1CCCN(S(=O)(=O)NC2CCCCCC2)C1. The number of hydrogen-bond acceptors (Lipinski definition) is 2. The standard InChI is InChI=1S/C13H26N2O2S/c1-12-7-6-10-15(11-12)18(16,17)14-13-8-4-2-3-5-9-13/h12-14H,2-11H2,1H3/t12-/m1/s1. The second-order valence-electron chi connectivity index (χ2n) is 5.92. The molecule has 4 nitrogen and oxygen atoms in total. The lowest BCUT2D eigenvalue weighted by Crippen LogP contribution is -2.48. The van der Waals surface area contributed by atoms with Gasteiger partial charge in [0.1, 0.15) is 0 Å². The fourth-order valence-electron chi connectivity index (χ4n) is 3.05. The molecule has 1 aliphatic heterocycles. The van der Waals surface area contributed by atoms with E-state index < -0.39 is 10.2 Å². The molecule has 1 heterocycles. The first-order chi connectivity index (χ1) is 8.58. The quantitative estimate of drug-likeness (QED) is 0.803. The molecule has 0 spiro atoms. The number of hydrogen-bond donors (Lipinski definition) is 1. The van der Waals surface area contributed by atoms with Crippen molar-refractivity contribution in [1.82, 2.24) is 9.03 Å². The first kappa shape index (κ1) is 14.3. The summed E-state index contributed by atoms with van der Waals surface area (Å²) in [6, 6.07) is 0.162. The number of nitrogens with zero attached hydrogens (tertiary/aromatic N) is 1. The molecule has 2 aliphatic rings. The third-order valence-corrected chi connectivity index (χ3v) is 5.77. The fraction of sp³-hybridized carbons (Fsp3) is 1.00. The summed E-state index contributed by atoms with van der Waals surface area (Å²) >= 11 is 0. The van der Waals surface area contributed by atoms with E-state index >= 15 is 0 Å². The maximum atomic E-state index is 12.3. The molecule has 1 atom stereocenters. The third-order valence-electron chi connectivity index (χ3n) is 4.13. The molecule has 1 saturated carbocycles. The van der Waals surface area contributed by atoms with Gasteiger partial charge < -0.3 is 0 Å². The summed E-state index contributed by atoms with van der Waals surface area (Å²) in [5.74, 6) is 0.490. The van der Waals surface area contributed by atoms with E-state index in [4.69, 9.17) is 0 Å². The van der Waals surface area contributed by atoms with Crippen molar-refractivity contribution in [3.63, 3.8) is 0 Å². The lowest BCUT2D eigenvalue weighted by Gasteiger charge is -2.31. The first-order valence-electron chi connectivity index (χ1n) is 7.35. The van der Waals surface area contributed by atoms with Crippen LogP contribution < -0.4 is 4.72 Å². The zero-order valence-corrected chi connectivity index (χ0v) is 12.2. The Kier molecular flexibility index (Phi) is 5.04. The van der Waals surface area contributed by atoms with E-state index in [9.17, 15) is 8.42 Å². The highest BCUT2D eigenvalue weighted by Gasteiger charge is 2.29. The Morgan fingerprint density at radius 3 is 2.28 bits per heavy atom. The van der Waals surface area contributed by atoms with Crippen molar-refractivity contribution in [2.24, 2.45) is 5.92 Å². The van der Waals surface area contributed by atoms with E-state index in [0.29, 0.717) is 19.0 Å². The number of rotatable bonds is 3. The smallest absolute Gasteiger partial charge is 0.199 e. The number of nitrogens with one attached hydrogen (secondary N) is 1. The van der Waals surface area contributed by atoms with Crippen LogP contribution in [0.1, 0.15) is 58.3 Å². The predicted octanol–water partition coefficient (Wildman–Crippen LogP) is 2.28. The third kappa shape index (κ3) is 3.93. The molecular weight excluding hydrogens is 248 g/mol. The Hall–Kier alpha value is -0.130. The Balaban J connectivity index is 1.93. The van der Waals surface area contributed by atoms with Crippen molar-refractivity contribution in [3.05, 3.63) is 0 Å². The van der Waals surface area contributed by atoms with Crippen molar-refractivity contribution >= 4 is 10.2 Å². The summed E-state index contributed by atoms with van der Waals surface area (Å²) in [6.07, 6.45) is 8.96. The van der Waals surface area contributed by atoms with Gasteiger partial charge >= 0.3 is 0 Å². The van der Waals surface area contributed by atoms with E-state index in [0.717, 1.165) is 38.5 Å². The van der Waals surface area contributed by atoms with Gasteiger partial charge in [-0.25, -0.2) is 0 Å². The van der Waals surface area contributed by atoms with Crippen molar-refractivity contribution in [1.29, 1.82) is 0 Å². The van der Waals surface area contributed by atoms with Crippen molar-refractivity contribution < 1.29 is 8.42 Å². The maximum absolute atomic E-state index is 12.3. The lowest BCUT2D eigenvalue weighted by molar-refractivity contribution is 0.275. The van der Waals surface area contributed by atoms with Crippen LogP contribution >= 0.6 is 0 Å². The predicted molar refractivity (Wildman–Crippen MR) is 73.5 cm³/mol. The molecule has 106 valence electrons. The van der Waals surface area contributed by atoms with Gasteiger partial charge in [-0.05, 0) is 31.6 Å². The van der Waals surface area contributed by atoms with Crippen LogP contribution in [-0.4, -0.2) is 31.9 Å². The van der Waals surface area contributed by atoms with Crippen molar-refractivity contribution in [2.45, 2.75) is 64.3 Å². The second-order valence-corrected chi connectivity index (χ2v) is 7.62. The normalized spacial score (nSPS) is 29.1. The van der Waals surface area contributed by atoms with Crippen LogP contribution in [0.5, 0.6) is 0 Å². The molecule has 2 fully saturated rings. The fourth-order valence-corrected chi connectivity index (χ4v) is 4.67. The summed E-state index contributed by atoms with van der Waals surface area (Å²) in [4.78, 5) is 0. The van der Waals surface area contributed by atoms with Crippen LogP contribution in [-0.2, 0) is 10.2 Å². The topological polar surface area (TPSA) is 49.4 Å². The molecule has 1 N–H and O–H groups in total. The van der Waals surface area contributed by atoms with Crippen LogP contribution in [0.2, 0.25) is 0 Å². The molecule has 0 bridgehead atoms. The van der Waals surface area contributed by atoms with Gasteiger partial charge in [-0.3, -0.25) is 0 Å². The van der Waals surface area contributed by atoms with Crippen LogP contribution in [0.3, 0.4) is 0 Å². The lowest BCUT2D eigenvalue weighted by atomic mass is 10.0. The van der Waals surface area contributed by atoms with Crippen LogP contribution in [0, 0.1) is 5.92 Å². The Labute approximate surface area is 111 Å². The molecule has 0 aromatic heterocycles. The Morgan fingerprint density at radius 2 is 1.67 bits per heavy atom. The molecule has 2 rings (SSSR count). The molecule has 1 aliphatic carbocycles. The highest BCUT2D eigenvalue weighted by molar-refractivity contribution is 7.87. The van der Waals surface area contributed by atoms with E-state index in [1.807, 2.05) is 0 Å². The van der Waals surface area contributed by atoms with E-state index in [2.05, 4.69) is 11.6 Å². The summed E-state index contributed by atoms with van der Waals surface area (Å²) in [5.41, 5.74) is 0. The average molecular weight is 274 g/mol. The van der Waals surface area contributed by atoms with Gasteiger partial charge in [0.25, 0.3) is 10.2 Å².